The molecule has 1 aliphatic rings. The molecule has 1 nitrogen and oxygen atoms in total. The molecule has 1 fully saturated rings. The Morgan fingerprint density at radius 1 is 1.31 bits per heavy atom. The van der Waals surface area contributed by atoms with Crippen LogP contribution < -0.4 is 0 Å². The number of likely N-dealkylation sites (tertiary alicyclic amines) is 1. The lowest BCUT2D eigenvalue weighted by Gasteiger charge is -2.30. The van der Waals surface area contributed by atoms with Crippen molar-refractivity contribution in [3.8, 4) is 0 Å². The summed E-state index contributed by atoms with van der Waals surface area (Å²) in [5, 5.41) is 0. The number of rotatable bonds is 2. The van der Waals surface area contributed by atoms with Gasteiger partial charge in [0.15, 0.2) is 0 Å². The SMILES string of the molecule is Fc1cccc(F)c1CN1CCCC(Br)C1. The fraction of sp³-hybridized carbons (Fsp3) is 0.500. The largest absolute Gasteiger partial charge is 0.298 e. The van der Waals surface area contributed by atoms with Gasteiger partial charge in [-0.15, -0.1) is 0 Å². The van der Waals surface area contributed by atoms with Gasteiger partial charge in [0, 0.05) is 23.5 Å². The van der Waals surface area contributed by atoms with Crippen LogP contribution in [0.3, 0.4) is 0 Å². The minimum Gasteiger partial charge on any atom is -0.298 e. The summed E-state index contributed by atoms with van der Waals surface area (Å²) in [7, 11) is 0. The second-order valence-corrected chi connectivity index (χ2v) is 5.47. The van der Waals surface area contributed by atoms with Crippen molar-refractivity contribution >= 4 is 15.9 Å². The van der Waals surface area contributed by atoms with Crippen molar-refractivity contribution in [3.05, 3.63) is 35.4 Å². The topological polar surface area (TPSA) is 3.24 Å². The van der Waals surface area contributed by atoms with Gasteiger partial charge in [-0.2, -0.15) is 0 Å². The van der Waals surface area contributed by atoms with E-state index in [9.17, 15) is 8.78 Å². The van der Waals surface area contributed by atoms with E-state index >= 15 is 0 Å². The lowest BCUT2D eigenvalue weighted by molar-refractivity contribution is 0.222. The third-order valence-electron chi connectivity index (χ3n) is 2.89. The van der Waals surface area contributed by atoms with Gasteiger partial charge < -0.3 is 0 Å². The first-order valence-electron chi connectivity index (χ1n) is 5.46. The number of halogens is 3. The predicted octanol–water partition coefficient (Wildman–Crippen LogP) is 3.32. The Morgan fingerprint density at radius 3 is 2.62 bits per heavy atom. The van der Waals surface area contributed by atoms with Crippen molar-refractivity contribution in [2.75, 3.05) is 13.1 Å². The highest BCUT2D eigenvalue weighted by Gasteiger charge is 2.19. The molecular formula is C12H14BrF2N. The molecule has 88 valence electrons. The molecule has 0 bridgehead atoms. The maximum Gasteiger partial charge on any atom is 0.130 e. The molecule has 4 heteroatoms. The Kier molecular flexibility index (Phi) is 3.92. The third-order valence-corrected chi connectivity index (χ3v) is 3.64. The van der Waals surface area contributed by atoms with Crippen LogP contribution in [-0.4, -0.2) is 22.8 Å². The van der Waals surface area contributed by atoms with Gasteiger partial charge in [0.1, 0.15) is 11.6 Å². The highest BCUT2D eigenvalue weighted by atomic mass is 79.9. The molecule has 1 aliphatic heterocycles. The zero-order chi connectivity index (χ0) is 11.5. The van der Waals surface area contributed by atoms with Crippen molar-refractivity contribution in [3.63, 3.8) is 0 Å². The van der Waals surface area contributed by atoms with E-state index in [1.165, 1.54) is 18.2 Å². The summed E-state index contributed by atoms with van der Waals surface area (Å²) in [5.74, 6) is -0.895. The number of hydrogen-bond acceptors (Lipinski definition) is 1. The lowest BCUT2D eigenvalue weighted by atomic mass is 10.1. The van der Waals surface area contributed by atoms with Crippen LogP contribution in [0.15, 0.2) is 18.2 Å². The van der Waals surface area contributed by atoms with Crippen LogP contribution in [0.1, 0.15) is 18.4 Å². The fourth-order valence-corrected chi connectivity index (χ4v) is 2.78. The van der Waals surface area contributed by atoms with E-state index in [-0.39, 0.29) is 5.56 Å². The molecular weight excluding hydrogens is 276 g/mol. The van der Waals surface area contributed by atoms with Crippen molar-refractivity contribution in [2.45, 2.75) is 24.2 Å². The first-order valence-corrected chi connectivity index (χ1v) is 6.37. The quantitative estimate of drug-likeness (QED) is 0.755. The number of hydrogen-bond donors (Lipinski definition) is 0. The van der Waals surface area contributed by atoms with Gasteiger partial charge in [0.25, 0.3) is 0 Å². The fourth-order valence-electron chi connectivity index (χ4n) is 2.05. The van der Waals surface area contributed by atoms with Gasteiger partial charge in [-0.25, -0.2) is 8.78 Å². The number of alkyl halides is 1. The molecule has 1 saturated heterocycles. The molecule has 0 N–H and O–H groups in total. The molecule has 1 atom stereocenters. The maximum absolute atomic E-state index is 13.4. The summed E-state index contributed by atoms with van der Waals surface area (Å²) in [4.78, 5) is 2.53. The maximum atomic E-state index is 13.4. The van der Waals surface area contributed by atoms with Crippen LogP contribution in [0.4, 0.5) is 8.78 Å². The normalized spacial score (nSPS) is 22.3. The molecule has 0 amide bonds. The Bertz CT molecular complexity index is 350. The number of piperidine rings is 1. The molecule has 0 aromatic heterocycles. The van der Waals surface area contributed by atoms with E-state index in [4.69, 9.17) is 0 Å². The Labute approximate surface area is 103 Å². The summed E-state index contributed by atoms with van der Waals surface area (Å²) >= 11 is 3.55. The van der Waals surface area contributed by atoms with E-state index in [2.05, 4.69) is 20.8 Å². The van der Waals surface area contributed by atoms with Crippen LogP contribution in [0.25, 0.3) is 0 Å². The molecule has 1 aromatic carbocycles. The first-order chi connectivity index (χ1) is 7.66. The minimum absolute atomic E-state index is 0.184. The molecule has 16 heavy (non-hydrogen) atoms. The highest BCUT2D eigenvalue weighted by Crippen LogP contribution is 2.21. The molecule has 0 saturated carbocycles. The van der Waals surface area contributed by atoms with E-state index in [1.807, 2.05) is 0 Å². The molecule has 1 heterocycles. The summed E-state index contributed by atoms with van der Waals surface area (Å²) in [5.41, 5.74) is 0.184. The van der Waals surface area contributed by atoms with E-state index in [0.29, 0.717) is 11.4 Å². The van der Waals surface area contributed by atoms with Crippen LogP contribution >= 0.6 is 15.9 Å². The monoisotopic (exact) mass is 289 g/mol. The van der Waals surface area contributed by atoms with Crippen LogP contribution in [0.5, 0.6) is 0 Å². The van der Waals surface area contributed by atoms with Crippen molar-refractivity contribution < 1.29 is 8.78 Å². The first kappa shape index (κ1) is 12.0. The van der Waals surface area contributed by atoms with Gasteiger partial charge >= 0.3 is 0 Å². The third kappa shape index (κ3) is 2.80. The van der Waals surface area contributed by atoms with Crippen molar-refractivity contribution in [1.82, 2.24) is 4.90 Å². The number of benzene rings is 1. The molecule has 2 rings (SSSR count). The van der Waals surface area contributed by atoms with E-state index in [1.54, 1.807) is 0 Å². The minimum atomic E-state index is -0.448. The Balaban J connectivity index is 2.08. The van der Waals surface area contributed by atoms with Crippen molar-refractivity contribution in [2.24, 2.45) is 0 Å². The van der Waals surface area contributed by atoms with Crippen molar-refractivity contribution in [1.29, 1.82) is 0 Å². The number of nitrogens with zero attached hydrogens (tertiary/aromatic N) is 1. The molecule has 0 aliphatic carbocycles. The molecule has 1 aromatic rings. The second-order valence-electron chi connectivity index (χ2n) is 4.17. The summed E-state index contributed by atoms with van der Waals surface area (Å²) in [6, 6.07) is 4.03. The Hall–Kier alpha value is -0.480. The van der Waals surface area contributed by atoms with Gasteiger partial charge in [0.2, 0.25) is 0 Å². The van der Waals surface area contributed by atoms with Crippen LogP contribution in [0.2, 0.25) is 0 Å². The summed E-state index contributed by atoms with van der Waals surface area (Å²) in [6.07, 6.45) is 2.21. The molecule has 1 unspecified atom stereocenters. The zero-order valence-electron chi connectivity index (χ0n) is 8.93. The summed E-state index contributed by atoms with van der Waals surface area (Å²) < 4.78 is 26.8. The summed E-state index contributed by atoms with van der Waals surface area (Å²) in [6.45, 7) is 2.13. The lowest BCUT2D eigenvalue weighted by Crippen LogP contribution is -2.35. The Morgan fingerprint density at radius 2 is 2.00 bits per heavy atom. The van der Waals surface area contributed by atoms with Crippen LogP contribution in [0, 0.1) is 11.6 Å². The van der Waals surface area contributed by atoms with E-state index < -0.39 is 11.6 Å². The smallest absolute Gasteiger partial charge is 0.130 e. The standard InChI is InChI=1S/C12H14BrF2N/c13-9-3-2-6-16(7-9)8-10-11(14)4-1-5-12(10)15/h1,4-5,9H,2-3,6-8H2. The van der Waals surface area contributed by atoms with Gasteiger partial charge in [-0.3, -0.25) is 4.90 Å². The van der Waals surface area contributed by atoms with Gasteiger partial charge in [0.05, 0.1) is 0 Å². The van der Waals surface area contributed by atoms with E-state index in [0.717, 1.165) is 25.9 Å². The average molecular weight is 290 g/mol. The predicted molar refractivity (Wildman–Crippen MR) is 63.6 cm³/mol. The highest BCUT2D eigenvalue weighted by molar-refractivity contribution is 9.09. The van der Waals surface area contributed by atoms with Gasteiger partial charge in [-0.1, -0.05) is 22.0 Å². The second kappa shape index (κ2) is 5.23. The molecule has 0 spiro atoms. The van der Waals surface area contributed by atoms with Crippen LogP contribution in [-0.2, 0) is 6.54 Å². The average Bonchev–Trinajstić information content (AvgIpc) is 2.24. The zero-order valence-corrected chi connectivity index (χ0v) is 10.5. The van der Waals surface area contributed by atoms with Gasteiger partial charge in [-0.05, 0) is 31.5 Å². The molecule has 0 radical (unpaired) electrons.